The molecule has 1 saturated carbocycles. The molecule has 4 atom stereocenters. The molecule has 2 saturated heterocycles. The second kappa shape index (κ2) is 8.40. The number of pyridine rings is 1. The fourth-order valence-corrected chi connectivity index (χ4v) is 5.86. The average molecular weight is 531 g/mol. The smallest absolute Gasteiger partial charge is 0.381 e. The number of benzene rings is 1. The van der Waals surface area contributed by atoms with E-state index < -0.39 is 70.4 Å². The zero-order valence-corrected chi connectivity index (χ0v) is 18.9. The quantitative estimate of drug-likeness (QED) is 0.588. The van der Waals surface area contributed by atoms with Crippen molar-refractivity contribution in [3.63, 3.8) is 0 Å². The van der Waals surface area contributed by atoms with Crippen molar-refractivity contribution in [1.29, 1.82) is 0 Å². The molecule has 2 amide bonds. The summed E-state index contributed by atoms with van der Waals surface area (Å²) < 4.78 is 99.7. The topological polar surface area (TPSA) is 85.5 Å². The van der Waals surface area contributed by atoms with Gasteiger partial charge in [0.25, 0.3) is 5.91 Å². The van der Waals surface area contributed by atoms with Gasteiger partial charge in [-0.25, -0.2) is 9.37 Å². The molecule has 6 nitrogen and oxygen atoms in total. The molecule has 1 aliphatic carbocycles. The molecule has 3 heterocycles. The minimum absolute atomic E-state index is 0.0896. The number of hydrogen-bond donors (Lipinski definition) is 1. The van der Waals surface area contributed by atoms with Crippen molar-refractivity contribution in [2.75, 3.05) is 13.2 Å². The number of ether oxygens (including phenoxy) is 1. The average Bonchev–Trinajstić information content (AvgIpc) is 3.39. The SMILES string of the molecule is NC(=O)C1CC2CC2([C@@H](c2ccc(C(F)(F)F)cc2F)C2COC2)N1C(=O)c1cccc(C(F)(F)F)n1. The molecule has 1 aromatic heterocycles. The molecule has 0 spiro atoms. The third kappa shape index (κ3) is 4.12. The number of alkyl halides is 6. The highest BCUT2D eigenvalue weighted by atomic mass is 19.4. The number of primary amides is 1. The largest absolute Gasteiger partial charge is 0.433 e. The molecular formula is C24H20F7N3O3. The Balaban J connectivity index is 1.60. The predicted octanol–water partition coefficient (Wildman–Crippen LogP) is 4.15. The van der Waals surface area contributed by atoms with E-state index in [1.54, 1.807) is 0 Å². The maximum atomic E-state index is 15.2. The number of piperidine rings is 1. The summed E-state index contributed by atoms with van der Waals surface area (Å²) in [5.74, 6) is -4.69. The zero-order valence-electron chi connectivity index (χ0n) is 18.9. The highest BCUT2D eigenvalue weighted by Crippen LogP contribution is 2.67. The van der Waals surface area contributed by atoms with E-state index in [1.807, 2.05) is 0 Å². The molecule has 37 heavy (non-hydrogen) atoms. The lowest BCUT2D eigenvalue weighted by Gasteiger charge is -2.44. The van der Waals surface area contributed by atoms with E-state index in [0.717, 1.165) is 29.2 Å². The number of rotatable bonds is 5. The van der Waals surface area contributed by atoms with E-state index in [2.05, 4.69) is 4.98 Å². The summed E-state index contributed by atoms with van der Waals surface area (Å²) in [6.45, 7) is 0.259. The van der Waals surface area contributed by atoms with E-state index in [9.17, 15) is 35.9 Å². The van der Waals surface area contributed by atoms with Gasteiger partial charge >= 0.3 is 12.4 Å². The summed E-state index contributed by atoms with van der Waals surface area (Å²) in [6.07, 6.45) is -9.26. The standard InChI is InChI=1S/C24H20F7N3O3/c25-15-6-12(23(26,27)28)4-5-14(15)19(11-9-37-10-11)22-8-13(22)7-17(20(32)35)34(22)21(36)16-2-1-3-18(33-16)24(29,30)31/h1-6,11,13,17,19H,7-10H2,(H2,32,35)/t13?,17?,19-,22?/m1/s1. The first-order valence-corrected chi connectivity index (χ1v) is 11.4. The molecule has 2 aliphatic heterocycles. The van der Waals surface area contributed by atoms with Gasteiger partial charge in [0, 0.05) is 11.8 Å². The van der Waals surface area contributed by atoms with Gasteiger partial charge in [0.1, 0.15) is 23.2 Å². The highest BCUT2D eigenvalue weighted by molar-refractivity contribution is 5.97. The van der Waals surface area contributed by atoms with Gasteiger partial charge in [-0.15, -0.1) is 0 Å². The molecule has 2 N–H and O–H groups in total. The van der Waals surface area contributed by atoms with Gasteiger partial charge in [-0.3, -0.25) is 9.59 Å². The van der Waals surface area contributed by atoms with Crippen LogP contribution in [0.15, 0.2) is 36.4 Å². The molecule has 2 aromatic rings. The number of halogens is 7. The molecule has 3 unspecified atom stereocenters. The van der Waals surface area contributed by atoms with Gasteiger partial charge in [-0.2, -0.15) is 26.3 Å². The normalized spacial score (nSPS) is 26.4. The number of nitrogens with two attached hydrogens (primary N) is 1. The van der Waals surface area contributed by atoms with Crippen molar-refractivity contribution in [2.45, 2.75) is 42.7 Å². The van der Waals surface area contributed by atoms with Crippen LogP contribution in [0.5, 0.6) is 0 Å². The molecule has 198 valence electrons. The van der Waals surface area contributed by atoms with Crippen molar-refractivity contribution in [1.82, 2.24) is 9.88 Å². The van der Waals surface area contributed by atoms with Crippen molar-refractivity contribution in [3.8, 4) is 0 Å². The van der Waals surface area contributed by atoms with Gasteiger partial charge in [-0.1, -0.05) is 12.1 Å². The van der Waals surface area contributed by atoms with E-state index in [-0.39, 0.29) is 37.5 Å². The number of amides is 2. The summed E-state index contributed by atoms with van der Waals surface area (Å²) in [5.41, 5.74) is 1.12. The lowest BCUT2D eigenvalue weighted by Crippen LogP contribution is -2.55. The predicted molar refractivity (Wildman–Crippen MR) is 112 cm³/mol. The van der Waals surface area contributed by atoms with E-state index in [4.69, 9.17) is 10.5 Å². The van der Waals surface area contributed by atoms with E-state index in [1.165, 1.54) is 0 Å². The fourth-order valence-electron chi connectivity index (χ4n) is 5.86. The van der Waals surface area contributed by atoms with Crippen molar-refractivity contribution >= 4 is 11.8 Å². The summed E-state index contributed by atoms with van der Waals surface area (Å²) in [7, 11) is 0. The summed E-state index contributed by atoms with van der Waals surface area (Å²) in [6, 6.07) is 3.67. The lowest BCUT2D eigenvalue weighted by molar-refractivity contribution is -0.141. The minimum Gasteiger partial charge on any atom is -0.381 e. The summed E-state index contributed by atoms with van der Waals surface area (Å²) >= 11 is 0. The van der Waals surface area contributed by atoms with Crippen LogP contribution >= 0.6 is 0 Å². The van der Waals surface area contributed by atoms with Crippen LogP contribution in [0, 0.1) is 17.7 Å². The fraction of sp³-hybridized carbons (Fsp3) is 0.458. The van der Waals surface area contributed by atoms with Crippen LogP contribution in [-0.4, -0.2) is 46.5 Å². The Bertz CT molecular complexity index is 1260. The van der Waals surface area contributed by atoms with Crippen LogP contribution in [-0.2, 0) is 21.9 Å². The van der Waals surface area contributed by atoms with Gasteiger partial charge in [0.15, 0.2) is 0 Å². The summed E-state index contributed by atoms with van der Waals surface area (Å²) in [5, 5.41) is 0. The first-order valence-electron chi connectivity index (χ1n) is 11.4. The van der Waals surface area contributed by atoms with Gasteiger partial charge < -0.3 is 15.4 Å². The summed E-state index contributed by atoms with van der Waals surface area (Å²) in [4.78, 5) is 30.5. The van der Waals surface area contributed by atoms with Crippen LogP contribution in [0.2, 0.25) is 0 Å². The Morgan fingerprint density at radius 3 is 2.32 bits per heavy atom. The lowest BCUT2D eigenvalue weighted by atomic mass is 9.76. The first-order chi connectivity index (χ1) is 17.2. The molecule has 1 aromatic carbocycles. The second-order valence-corrected chi connectivity index (χ2v) is 9.64. The Kier molecular flexibility index (Phi) is 5.77. The van der Waals surface area contributed by atoms with Crippen LogP contribution in [0.25, 0.3) is 0 Å². The van der Waals surface area contributed by atoms with Crippen LogP contribution in [0.4, 0.5) is 30.7 Å². The molecular weight excluding hydrogens is 511 g/mol. The molecule has 13 heteroatoms. The number of likely N-dealkylation sites (tertiary alicyclic amines) is 1. The van der Waals surface area contributed by atoms with Crippen molar-refractivity contribution in [2.24, 2.45) is 17.6 Å². The zero-order chi connectivity index (χ0) is 26.9. The Labute approximate surface area is 205 Å². The first kappa shape index (κ1) is 25.4. The van der Waals surface area contributed by atoms with Gasteiger partial charge in [0.2, 0.25) is 5.91 Å². The van der Waals surface area contributed by atoms with Crippen LogP contribution < -0.4 is 5.73 Å². The number of carbonyl (C=O) groups is 2. The Morgan fingerprint density at radius 2 is 1.78 bits per heavy atom. The van der Waals surface area contributed by atoms with Crippen molar-refractivity contribution in [3.05, 3.63) is 64.7 Å². The van der Waals surface area contributed by atoms with Gasteiger partial charge in [0.05, 0.1) is 24.3 Å². The number of fused-ring (bicyclic) bond motifs is 1. The molecule has 5 rings (SSSR count). The van der Waals surface area contributed by atoms with Crippen LogP contribution in [0.1, 0.15) is 46.1 Å². The molecule has 0 bridgehead atoms. The molecule has 0 radical (unpaired) electrons. The molecule has 3 aliphatic rings. The minimum atomic E-state index is -4.83. The number of nitrogens with zero attached hydrogens (tertiary/aromatic N) is 2. The third-order valence-corrected chi connectivity index (χ3v) is 7.53. The van der Waals surface area contributed by atoms with E-state index in [0.29, 0.717) is 12.1 Å². The third-order valence-electron chi connectivity index (χ3n) is 7.53. The Hall–Kier alpha value is -3.22. The highest BCUT2D eigenvalue weighted by Gasteiger charge is 2.72. The number of hydrogen-bond acceptors (Lipinski definition) is 4. The second-order valence-electron chi connectivity index (χ2n) is 9.64. The van der Waals surface area contributed by atoms with Crippen molar-refractivity contribution < 1.29 is 45.1 Å². The number of carbonyl (C=O) groups excluding carboxylic acids is 2. The van der Waals surface area contributed by atoms with E-state index >= 15 is 4.39 Å². The maximum absolute atomic E-state index is 15.2. The maximum Gasteiger partial charge on any atom is 0.433 e. The molecule has 3 fully saturated rings. The van der Waals surface area contributed by atoms with Gasteiger partial charge in [-0.05, 0) is 48.6 Å². The monoisotopic (exact) mass is 531 g/mol. The Morgan fingerprint density at radius 1 is 1.08 bits per heavy atom. The van der Waals surface area contributed by atoms with Crippen LogP contribution in [0.3, 0.4) is 0 Å². The number of aromatic nitrogens is 1.